The fraction of sp³-hybridized carbons (Fsp3) is 0.500. The number of aliphatic hydroxyl groups is 1. The molecule has 1 N–H and O–H groups in total. The number of aliphatic hydroxyl groups excluding tert-OH is 1. The standard InChI is InChI=1S/C10H14N2O2S/c1-11-7-8(9-3-2-6-15-9)12(4-5-13)10(11)14/h2-3,6,8,13H,4-5,7H2,1H3. The number of nitrogens with zero attached hydrogens (tertiary/aromatic N) is 2. The fourth-order valence-electron chi connectivity index (χ4n) is 1.87. The van der Waals surface area contributed by atoms with E-state index in [-0.39, 0.29) is 18.7 Å². The first kappa shape index (κ1) is 10.4. The Morgan fingerprint density at radius 3 is 3.07 bits per heavy atom. The first-order valence-corrected chi connectivity index (χ1v) is 5.78. The third kappa shape index (κ3) is 1.85. The van der Waals surface area contributed by atoms with Crippen LogP contribution >= 0.6 is 11.3 Å². The highest BCUT2D eigenvalue weighted by molar-refractivity contribution is 7.10. The summed E-state index contributed by atoms with van der Waals surface area (Å²) in [7, 11) is 1.79. The summed E-state index contributed by atoms with van der Waals surface area (Å²) in [5, 5.41) is 10.9. The van der Waals surface area contributed by atoms with Crippen LogP contribution in [0.4, 0.5) is 4.79 Å². The van der Waals surface area contributed by atoms with Crippen LogP contribution in [0.1, 0.15) is 10.9 Å². The van der Waals surface area contributed by atoms with Crippen molar-refractivity contribution in [2.75, 3.05) is 26.7 Å². The van der Waals surface area contributed by atoms with Gasteiger partial charge < -0.3 is 14.9 Å². The number of rotatable bonds is 3. The third-order valence-corrected chi connectivity index (χ3v) is 3.58. The molecular weight excluding hydrogens is 212 g/mol. The number of urea groups is 1. The molecule has 2 heterocycles. The zero-order valence-electron chi connectivity index (χ0n) is 8.59. The number of carbonyl (C=O) groups excluding carboxylic acids is 1. The smallest absolute Gasteiger partial charge is 0.320 e. The van der Waals surface area contributed by atoms with Gasteiger partial charge in [-0.3, -0.25) is 0 Å². The zero-order chi connectivity index (χ0) is 10.8. The largest absolute Gasteiger partial charge is 0.395 e. The minimum Gasteiger partial charge on any atom is -0.395 e. The molecule has 4 nitrogen and oxygen atoms in total. The lowest BCUT2D eigenvalue weighted by molar-refractivity contribution is 0.172. The Morgan fingerprint density at radius 2 is 2.47 bits per heavy atom. The Labute approximate surface area is 92.7 Å². The van der Waals surface area contributed by atoms with Crippen LogP contribution < -0.4 is 0 Å². The summed E-state index contributed by atoms with van der Waals surface area (Å²) in [6, 6.07) is 4.13. The van der Waals surface area contributed by atoms with Crippen molar-refractivity contribution in [3.8, 4) is 0 Å². The zero-order valence-corrected chi connectivity index (χ0v) is 9.41. The van der Waals surface area contributed by atoms with E-state index in [4.69, 9.17) is 5.11 Å². The summed E-state index contributed by atoms with van der Waals surface area (Å²) in [6.45, 7) is 1.13. The van der Waals surface area contributed by atoms with Crippen molar-refractivity contribution in [1.29, 1.82) is 0 Å². The van der Waals surface area contributed by atoms with Crippen LogP contribution in [-0.2, 0) is 0 Å². The van der Waals surface area contributed by atoms with Crippen LogP contribution in [0.5, 0.6) is 0 Å². The molecular formula is C10H14N2O2S. The first-order valence-electron chi connectivity index (χ1n) is 4.90. The maximum absolute atomic E-state index is 11.7. The quantitative estimate of drug-likeness (QED) is 0.840. The van der Waals surface area contributed by atoms with Crippen molar-refractivity contribution >= 4 is 17.4 Å². The third-order valence-electron chi connectivity index (χ3n) is 2.61. The molecule has 0 radical (unpaired) electrons. The highest BCUT2D eigenvalue weighted by Crippen LogP contribution is 2.30. The van der Waals surface area contributed by atoms with Crippen molar-refractivity contribution < 1.29 is 9.90 Å². The lowest BCUT2D eigenvalue weighted by Gasteiger charge is -2.20. The van der Waals surface area contributed by atoms with Crippen molar-refractivity contribution in [2.45, 2.75) is 6.04 Å². The molecule has 2 amide bonds. The van der Waals surface area contributed by atoms with Gasteiger partial charge in [-0.1, -0.05) is 6.07 Å². The Morgan fingerprint density at radius 1 is 1.67 bits per heavy atom. The average molecular weight is 226 g/mol. The van der Waals surface area contributed by atoms with Crippen LogP contribution in [0.15, 0.2) is 17.5 Å². The molecule has 0 saturated carbocycles. The number of carbonyl (C=O) groups is 1. The summed E-state index contributed by atoms with van der Waals surface area (Å²) in [6.07, 6.45) is 0. The number of β-amino-alcohol motifs (C(OH)–C–C–N with tert-alkyl or cyclic N) is 1. The molecule has 1 fully saturated rings. The van der Waals surface area contributed by atoms with Crippen molar-refractivity contribution in [2.24, 2.45) is 0 Å². The van der Waals surface area contributed by atoms with Gasteiger partial charge in [0.1, 0.15) is 0 Å². The molecule has 1 saturated heterocycles. The van der Waals surface area contributed by atoms with Crippen LogP contribution in [-0.4, -0.2) is 47.7 Å². The summed E-state index contributed by atoms with van der Waals surface area (Å²) in [5.74, 6) is 0. The Kier molecular flexibility index (Phi) is 2.93. The second-order valence-electron chi connectivity index (χ2n) is 3.61. The number of hydrogen-bond donors (Lipinski definition) is 1. The minimum absolute atomic E-state index is 0.00227. The van der Waals surface area contributed by atoms with E-state index in [2.05, 4.69) is 0 Å². The monoisotopic (exact) mass is 226 g/mol. The molecule has 1 aliphatic rings. The van der Waals surface area contributed by atoms with Gasteiger partial charge in [0.25, 0.3) is 0 Å². The van der Waals surface area contributed by atoms with Gasteiger partial charge in [0.2, 0.25) is 0 Å². The molecule has 5 heteroatoms. The second kappa shape index (κ2) is 4.20. The Balaban J connectivity index is 2.20. The predicted molar refractivity (Wildman–Crippen MR) is 58.9 cm³/mol. The summed E-state index contributed by atoms with van der Waals surface area (Å²) >= 11 is 1.65. The van der Waals surface area contributed by atoms with Crippen molar-refractivity contribution in [3.05, 3.63) is 22.4 Å². The van der Waals surface area contributed by atoms with Gasteiger partial charge in [-0.15, -0.1) is 11.3 Å². The molecule has 0 spiro atoms. The van der Waals surface area contributed by atoms with Gasteiger partial charge in [-0.05, 0) is 11.4 Å². The second-order valence-corrected chi connectivity index (χ2v) is 4.59. The van der Waals surface area contributed by atoms with Crippen molar-refractivity contribution in [3.63, 3.8) is 0 Å². The number of hydrogen-bond acceptors (Lipinski definition) is 3. The average Bonchev–Trinajstić information content (AvgIpc) is 2.81. The molecule has 1 aliphatic heterocycles. The van der Waals surface area contributed by atoms with Crippen LogP contribution in [0, 0.1) is 0 Å². The van der Waals surface area contributed by atoms with Gasteiger partial charge in [-0.25, -0.2) is 4.79 Å². The Bertz CT molecular complexity index is 339. The SMILES string of the molecule is CN1CC(c2cccs2)N(CCO)C1=O. The van der Waals surface area contributed by atoms with E-state index >= 15 is 0 Å². The maximum Gasteiger partial charge on any atom is 0.320 e. The molecule has 2 rings (SSSR count). The molecule has 15 heavy (non-hydrogen) atoms. The van der Waals surface area contributed by atoms with E-state index < -0.39 is 0 Å². The van der Waals surface area contributed by atoms with Gasteiger partial charge in [0.05, 0.1) is 12.6 Å². The summed E-state index contributed by atoms with van der Waals surface area (Å²) in [4.78, 5) is 16.4. The molecule has 1 aromatic rings. The first-order chi connectivity index (χ1) is 7.24. The van der Waals surface area contributed by atoms with Crippen LogP contribution in [0.3, 0.4) is 0 Å². The number of amides is 2. The highest BCUT2D eigenvalue weighted by atomic mass is 32.1. The molecule has 1 aromatic heterocycles. The number of likely N-dealkylation sites (N-methyl/N-ethyl adjacent to an activating group) is 1. The normalized spacial score (nSPS) is 21.5. The molecule has 1 atom stereocenters. The molecule has 1 unspecified atom stereocenters. The fourth-order valence-corrected chi connectivity index (χ4v) is 2.70. The minimum atomic E-state index is 0.00227. The topological polar surface area (TPSA) is 43.8 Å². The van der Waals surface area contributed by atoms with E-state index in [0.717, 1.165) is 0 Å². The molecule has 0 bridgehead atoms. The Hall–Kier alpha value is -1.07. The van der Waals surface area contributed by atoms with Crippen LogP contribution in [0.25, 0.3) is 0 Å². The van der Waals surface area contributed by atoms with E-state index in [1.807, 2.05) is 17.5 Å². The highest BCUT2D eigenvalue weighted by Gasteiger charge is 2.35. The van der Waals surface area contributed by atoms with Gasteiger partial charge >= 0.3 is 6.03 Å². The lowest BCUT2D eigenvalue weighted by atomic mass is 10.2. The van der Waals surface area contributed by atoms with E-state index in [1.165, 1.54) is 4.88 Å². The lowest BCUT2D eigenvalue weighted by Crippen LogP contribution is -2.32. The predicted octanol–water partition coefficient (Wildman–Crippen LogP) is 1.15. The van der Waals surface area contributed by atoms with E-state index in [0.29, 0.717) is 13.1 Å². The van der Waals surface area contributed by atoms with Gasteiger partial charge in [0.15, 0.2) is 0 Å². The molecule has 0 aromatic carbocycles. The van der Waals surface area contributed by atoms with E-state index in [9.17, 15) is 4.79 Å². The van der Waals surface area contributed by atoms with E-state index in [1.54, 1.807) is 28.2 Å². The summed E-state index contributed by atoms with van der Waals surface area (Å²) < 4.78 is 0. The van der Waals surface area contributed by atoms with Gasteiger partial charge in [-0.2, -0.15) is 0 Å². The number of thiophene rings is 1. The summed E-state index contributed by atoms with van der Waals surface area (Å²) in [5.41, 5.74) is 0. The van der Waals surface area contributed by atoms with Crippen molar-refractivity contribution in [1.82, 2.24) is 9.80 Å². The van der Waals surface area contributed by atoms with Crippen LogP contribution in [0.2, 0.25) is 0 Å². The van der Waals surface area contributed by atoms with Gasteiger partial charge in [0, 0.05) is 25.0 Å². The maximum atomic E-state index is 11.7. The molecule has 0 aliphatic carbocycles. The molecule has 82 valence electrons.